The summed E-state index contributed by atoms with van der Waals surface area (Å²) >= 11 is 3.61. The number of halogens is 1. The molecule has 1 aromatic carbocycles. The number of fused-ring (bicyclic) bond motifs is 1. The molecule has 0 unspecified atom stereocenters. The summed E-state index contributed by atoms with van der Waals surface area (Å²) in [6.07, 6.45) is 4.08. The number of ether oxygens (including phenoxy) is 3. The summed E-state index contributed by atoms with van der Waals surface area (Å²) < 4.78 is 19.4. The minimum atomic E-state index is -0.540. The van der Waals surface area contributed by atoms with Gasteiger partial charge in [0.05, 0.1) is 19.3 Å². The summed E-state index contributed by atoms with van der Waals surface area (Å²) in [7, 11) is 0. The van der Waals surface area contributed by atoms with Crippen molar-refractivity contribution in [3.05, 3.63) is 46.5 Å². The Morgan fingerprint density at radius 3 is 2.81 bits per heavy atom. The van der Waals surface area contributed by atoms with E-state index < -0.39 is 11.4 Å². The lowest BCUT2D eigenvalue weighted by atomic mass is 9.86. The number of rotatable bonds is 3. The molecule has 0 bridgehead atoms. The van der Waals surface area contributed by atoms with Crippen LogP contribution in [-0.4, -0.2) is 24.1 Å². The number of hydrogen-bond donors (Lipinski definition) is 0. The highest BCUT2D eigenvalue weighted by Crippen LogP contribution is 2.41. The van der Waals surface area contributed by atoms with Crippen LogP contribution in [0.1, 0.15) is 32.3 Å². The van der Waals surface area contributed by atoms with Gasteiger partial charge in [-0.05, 0) is 42.8 Å². The molecule has 1 heterocycles. The first kappa shape index (κ1) is 15.2. The van der Waals surface area contributed by atoms with E-state index in [1.165, 1.54) is 4.48 Å². The zero-order valence-corrected chi connectivity index (χ0v) is 14.1. The van der Waals surface area contributed by atoms with Crippen LogP contribution in [0.3, 0.4) is 0 Å². The van der Waals surface area contributed by atoms with Crippen LogP contribution >= 0.6 is 15.9 Å². The van der Waals surface area contributed by atoms with Gasteiger partial charge in [0.2, 0.25) is 0 Å². The Labute approximate surface area is 134 Å². The van der Waals surface area contributed by atoms with Crippen molar-refractivity contribution in [2.75, 3.05) is 6.61 Å². The molecule has 114 valence electrons. The third kappa shape index (κ3) is 3.39. The van der Waals surface area contributed by atoms with Gasteiger partial charge in [-0.1, -0.05) is 46.3 Å². The van der Waals surface area contributed by atoms with Gasteiger partial charge < -0.3 is 14.2 Å². The van der Waals surface area contributed by atoms with Crippen LogP contribution in [0.15, 0.2) is 40.9 Å². The molecule has 1 fully saturated rings. The van der Waals surface area contributed by atoms with Gasteiger partial charge in [0.1, 0.15) is 5.60 Å². The van der Waals surface area contributed by atoms with Crippen molar-refractivity contribution in [2.45, 2.75) is 50.8 Å². The summed E-state index contributed by atoms with van der Waals surface area (Å²) in [4.78, 5) is 0. The summed E-state index contributed by atoms with van der Waals surface area (Å²) in [6, 6.07) is 10.2. The molecule has 1 aliphatic carbocycles. The van der Waals surface area contributed by atoms with Gasteiger partial charge in [-0.15, -0.1) is 0 Å². The van der Waals surface area contributed by atoms with E-state index in [1.54, 1.807) is 0 Å². The Kier molecular flexibility index (Phi) is 4.23. The van der Waals surface area contributed by atoms with E-state index in [0.29, 0.717) is 13.2 Å². The SMILES string of the molecule is CC1(C)OC[C@@]2(OCc3ccccc3)C=C(Br)CC[C@H]2O1. The first-order valence-electron chi connectivity index (χ1n) is 7.36. The van der Waals surface area contributed by atoms with E-state index in [9.17, 15) is 0 Å². The Hall–Kier alpha value is -0.680. The van der Waals surface area contributed by atoms with E-state index in [4.69, 9.17) is 14.2 Å². The second kappa shape index (κ2) is 5.84. The standard InChI is InChI=1S/C17H21BrO3/c1-16(2)20-12-17(10-14(18)8-9-15(17)21-16)19-11-13-6-4-3-5-7-13/h3-7,10,15H,8-9,11-12H2,1-2H3/t15-,17+/m1/s1. The highest BCUT2D eigenvalue weighted by molar-refractivity contribution is 9.11. The highest BCUT2D eigenvalue weighted by Gasteiger charge is 2.49. The molecule has 21 heavy (non-hydrogen) atoms. The van der Waals surface area contributed by atoms with Crippen molar-refractivity contribution in [3.8, 4) is 0 Å². The molecule has 4 heteroatoms. The quantitative estimate of drug-likeness (QED) is 0.817. The van der Waals surface area contributed by atoms with Crippen LogP contribution in [0.5, 0.6) is 0 Å². The van der Waals surface area contributed by atoms with Crippen LogP contribution < -0.4 is 0 Å². The van der Waals surface area contributed by atoms with Crippen molar-refractivity contribution >= 4 is 15.9 Å². The molecule has 0 spiro atoms. The molecule has 1 aliphatic heterocycles. The number of benzene rings is 1. The van der Waals surface area contributed by atoms with E-state index in [1.807, 2.05) is 32.0 Å². The van der Waals surface area contributed by atoms with E-state index in [-0.39, 0.29) is 6.10 Å². The molecule has 3 rings (SSSR count). The minimum Gasteiger partial charge on any atom is -0.361 e. The summed E-state index contributed by atoms with van der Waals surface area (Å²) in [5.41, 5.74) is 0.660. The zero-order valence-electron chi connectivity index (χ0n) is 12.5. The summed E-state index contributed by atoms with van der Waals surface area (Å²) in [6.45, 7) is 5.00. The predicted octanol–water partition coefficient (Wildman–Crippen LogP) is 4.17. The van der Waals surface area contributed by atoms with Crippen LogP contribution in [-0.2, 0) is 20.8 Å². The lowest BCUT2D eigenvalue weighted by molar-refractivity contribution is -0.334. The normalized spacial score (nSPS) is 31.4. The van der Waals surface area contributed by atoms with Crippen molar-refractivity contribution < 1.29 is 14.2 Å². The molecule has 1 aromatic rings. The molecule has 1 saturated heterocycles. The largest absolute Gasteiger partial charge is 0.361 e. The molecular weight excluding hydrogens is 332 g/mol. The minimum absolute atomic E-state index is 0.0336. The number of allylic oxidation sites excluding steroid dienone is 1. The zero-order chi connectivity index (χ0) is 14.9. The Morgan fingerprint density at radius 1 is 1.29 bits per heavy atom. The Morgan fingerprint density at radius 2 is 2.05 bits per heavy atom. The summed E-state index contributed by atoms with van der Waals surface area (Å²) in [5, 5.41) is 0. The molecule has 0 radical (unpaired) electrons. The van der Waals surface area contributed by atoms with Gasteiger partial charge in [-0.2, -0.15) is 0 Å². The fraction of sp³-hybridized carbons (Fsp3) is 0.529. The maximum absolute atomic E-state index is 6.27. The fourth-order valence-corrected chi connectivity index (χ4v) is 3.48. The van der Waals surface area contributed by atoms with Gasteiger partial charge in [-0.25, -0.2) is 0 Å². The average molecular weight is 353 g/mol. The molecular formula is C17H21BrO3. The third-order valence-electron chi connectivity index (χ3n) is 4.01. The van der Waals surface area contributed by atoms with E-state index in [0.717, 1.165) is 18.4 Å². The maximum Gasteiger partial charge on any atom is 0.163 e. The van der Waals surface area contributed by atoms with Crippen LogP contribution in [0.2, 0.25) is 0 Å². The second-order valence-electron chi connectivity index (χ2n) is 6.15. The topological polar surface area (TPSA) is 27.7 Å². The van der Waals surface area contributed by atoms with Gasteiger partial charge in [0, 0.05) is 0 Å². The maximum atomic E-state index is 6.27. The Bertz CT molecular complexity index is 526. The number of hydrogen-bond acceptors (Lipinski definition) is 3. The third-order valence-corrected chi connectivity index (χ3v) is 4.64. The average Bonchev–Trinajstić information content (AvgIpc) is 2.47. The molecule has 2 aliphatic rings. The molecule has 3 nitrogen and oxygen atoms in total. The molecule has 0 N–H and O–H groups in total. The van der Waals surface area contributed by atoms with Crippen molar-refractivity contribution in [1.82, 2.24) is 0 Å². The second-order valence-corrected chi connectivity index (χ2v) is 7.17. The molecule has 2 atom stereocenters. The molecule has 0 amide bonds. The lowest BCUT2D eigenvalue weighted by Gasteiger charge is -2.49. The highest BCUT2D eigenvalue weighted by atomic mass is 79.9. The van der Waals surface area contributed by atoms with E-state index >= 15 is 0 Å². The smallest absolute Gasteiger partial charge is 0.163 e. The Balaban J connectivity index is 1.79. The summed E-state index contributed by atoms with van der Waals surface area (Å²) in [5.74, 6) is -0.540. The van der Waals surface area contributed by atoms with Gasteiger partial charge in [0.15, 0.2) is 5.79 Å². The van der Waals surface area contributed by atoms with Crippen molar-refractivity contribution in [3.63, 3.8) is 0 Å². The molecule has 0 saturated carbocycles. The monoisotopic (exact) mass is 352 g/mol. The first-order chi connectivity index (χ1) is 9.99. The predicted molar refractivity (Wildman–Crippen MR) is 85.1 cm³/mol. The fourth-order valence-electron chi connectivity index (χ4n) is 2.87. The van der Waals surface area contributed by atoms with Crippen molar-refractivity contribution in [1.29, 1.82) is 0 Å². The van der Waals surface area contributed by atoms with Gasteiger partial charge >= 0.3 is 0 Å². The molecule has 0 aromatic heterocycles. The van der Waals surface area contributed by atoms with Crippen LogP contribution in [0.25, 0.3) is 0 Å². The van der Waals surface area contributed by atoms with E-state index in [2.05, 4.69) is 34.1 Å². The van der Waals surface area contributed by atoms with Crippen LogP contribution in [0.4, 0.5) is 0 Å². The lowest BCUT2D eigenvalue weighted by Crippen LogP contribution is -2.59. The van der Waals surface area contributed by atoms with Gasteiger partial charge in [0.25, 0.3) is 0 Å². The van der Waals surface area contributed by atoms with Gasteiger partial charge in [-0.3, -0.25) is 0 Å². The van der Waals surface area contributed by atoms with Crippen LogP contribution in [0, 0.1) is 0 Å². The van der Waals surface area contributed by atoms with Crippen molar-refractivity contribution in [2.24, 2.45) is 0 Å². The first-order valence-corrected chi connectivity index (χ1v) is 8.15.